The van der Waals surface area contributed by atoms with Crippen LogP contribution >= 0.6 is 0 Å². The summed E-state index contributed by atoms with van der Waals surface area (Å²) >= 11 is 0. The molecule has 1 fully saturated rings. The zero-order valence-electron chi connectivity index (χ0n) is 53.4. The Morgan fingerprint density at radius 3 is 1.84 bits per heavy atom. The van der Waals surface area contributed by atoms with E-state index in [0.717, 1.165) is 11.9 Å². The van der Waals surface area contributed by atoms with Crippen LogP contribution < -0.4 is 41.8 Å². The van der Waals surface area contributed by atoms with Crippen LogP contribution in [0.4, 0.5) is 5.95 Å². The number of amides is 5. The van der Waals surface area contributed by atoms with E-state index in [0.29, 0.717) is 166 Å². The van der Waals surface area contributed by atoms with Gasteiger partial charge in [0.25, 0.3) is 5.91 Å². The number of aliphatic carboxylic acids is 3. The van der Waals surface area contributed by atoms with E-state index in [-0.39, 0.29) is 68.4 Å². The zero-order valence-corrected chi connectivity index (χ0v) is 54.2. The summed E-state index contributed by atoms with van der Waals surface area (Å²) in [6.07, 6.45) is 7.19. The molecule has 4 aromatic rings. The van der Waals surface area contributed by atoms with Gasteiger partial charge in [-0.25, -0.2) is 13.4 Å². The SMILES string of the molecule is CCN1CCN(CC(=O)O)CCN(CC(=O)O)CCN(CC(=O)N[C@H](CCC(N)=O)C(=O)NCCCOCCOCCOCCCNC(=O)CCCOc2cc(C)c(S(=O)(=O)N[C@@H](CNC(=O)c3ccc4c(cnn4CCCNc4ncc[nH]4)c3)C(=O)O)c(C)c2)CC1. The minimum absolute atomic E-state index is 0.0111. The number of primary amides is 1. The van der Waals surface area contributed by atoms with E-state index in [1.807, 2.05) is 16.5 Å². The van der Waals surface area contributed by atoms with E-state index in [9.17, 15) is 62.1 Å². The van der Waals surface area contributed by atoms with Gasteiger partial charge in [0, 0.05) is 134 Å². The van der Waals surface area contributed by atoms with Crippen LogP contribution in [-0.4, -0.2) is 274 Å². The van der Waals surface area contributed by atoms with Crippen molar-refractivity contribution in [3.63, 3.8) is 0 Å². The molecular weight excluding hydrogens is 1230 g/mol. The van der Waals surface area contributed by atoms with Gasteiger partial charge in [0.15, 0.2) is 5.95 Å². The number of carboxylic acids is 3. The summed E-state index contributed by atoms with van der Waals surface area (Å²) in [7, 11) is -4.39. The quantitative estimate of drug-likeness (QED) is 0.0247. The van der Waals surface area contributed by atoms with Gasteiger partial charge in [-0.15, -0.1) is 0 Å². The fourth-order valence-corrected chi connectivity index (χ4v) is 11.7. The second-order valence-electron chi connectivity index (χ2n) is 22.3. The third-order valence-electron chi connectivity index (χ3n) is 14.9. The van der Waals surface area contributed by atoms with Gasteiger partial charge in [-0.05, 0) is 94.0 Å². The highest BCUT2D eigenvalue weighted by atomic mass is 32.2. The smallest absolute Gasteiger partial charge is 0.323 e. The highest BCUT2D eigenvalue weighted by molar-refractivity contribution is 7.89. The van der Waals surface area contributed by atoms with Crippen LogP contribution in [0.1, 0.15) is 73.4 Å². The number of aromatic amines is 1. The summed E-state index contributed by atoms with van der Waals surface area (Å²) in [6.45, 7) is 12.2. The number of carboxylic acid groups (broad SMARTS) is 3. The molecule has 93 heavy (non-hydrogen) atoms. The summed E-state index contributed by atoms with van der Waals surface area (Å²) in [4.78, 5) is 114. The lowest BCUT2D eigenvalue weighted by Crippen LogP contribution is -2.52. The van der Waals surface area contributed by atoms with Crippen LogP contribution in [-0.2, 0) is 64.3 Å². The van der Waals surface area contributed by atoms with Crippen LogP contribution in [0.15, 0.2) is 53.8 Å². The Labute approximate surface area is 541 Å². The molecule has 0 spiro atoms. The number of sulfonamides is 1. The molecule has 0 unspecified atom stereocenters. The van der Waals surface area contributed by atoms with E-state index in [4.69, 9.17) is 24.7 Å². The number of anilines is 1. The Kier molecular flexibility index (Phi) is 33.4. The molecule has 516 valence electrons. The van der Waals surface area contributed by atoms with Crippen molar-refractivity contribution in [2.75, 3.05) is 156 Å². The molecule has 5 amide bonds. The van der Waals surface area contributed by atoms with Crippen molar-refractivity contribution in [2.24, 2.45) is 5.73 Å². The van der Waals surface area contributed by atoms with Gasteiger partial charge in [0.05, 0.1) is 69.3 Å². The number of imidazole rings is 1. The van der Waals surface area contributed by atoms with Crippen LogP contribution in [0.2, 0.25) is 0 Å². The van der Waals surface area contributed by atoms with Gasteiger partial charge in [-0.2, -0.15) is 9.82 Å². The van der Waals surface area contributed by atoms with Crippen molar-refractivity contribution >= 4 is 74.3 Å². The minimum atomic E-state index is -4.39. The predicted molar refractivity (Wildman–Crippen MR) is 341 cm³/mol. The number of fused-ring (bicyclic) bond motifs is 1. The van der Waals surface area contributed by atoms with Crippen molar-refractivity contribution in [3.05, 3.63) is 65.6 Å². The first-order chi connectivity index (χ1) is 44.6. The summed E-state index contributed by atoms with van der Waals surface area (Å²) in [5, 5.41) is 48.1. The highest BCUT2D eigenvalue weighted by Gasteiger charge is 2.30. The van der Waals surface area contributed by atoms with Crippen LogP contribution in [0, 0.1) is 13.8 Å². The lowest BCUT2D eigenvalue weighted by atomic mass is 10.1. The van der Waals surface area contributed by atoms with E-state index < -0.39 is 70.2 Å². The zero-order chi connectivity index (χ0) is 67.5. The van der Waals surface area contributed by atoms with Crippen molar-refractivity contribution < 1.29 is 81.0 Å². The van der Waals surface area contributed by atoms with E-state index >= 15 is 0 Å². The monoisotopic (exact) mass is 1330 g/mol. The maximum absolute atomic E-state index is 13.6. The van der Waals surface area contributed by atoms with Gasteiger partial charge in [0.1, 0.15) is 17.8 Å². The molecule has 33 heteroatoms. The molecule has 0 bridgehead atoms. The minimum Gasteiger partial charge on any atom is -0.494 e. The topological polar surface area (TPSA) is 426 Å². The van der Waals surface area contributed by atoms with Gasteiger partial charge in [-0.3, -0.25) is 57.7 Å². The first-order valence-electron chi connectivity index (χ1n) is 31.2. The molecule has 5 rings (SSSR count). The number of nitrogens with zero attached hydrogens (tertiary/aromatic N) is 7. The lowest BCUT2D eigenvalue weighted by molar-refractivity contribution is -0.140. The second kappa shape index (κ2) is 41.0. The van der Waals surface area contributed by atoms with Crippen molar-refractivity contribution in [1.82, 2.24) is 65.3 Å². The molecule has 0 aliphatic carbocycles. The number of aromatic nitrogens is 4. The lowest BCUT2D eigenvalue weighted by Gasteiger charge is -2.33. The van der Waals surface area contributed by atoms with Crippen molar-refractivity contribution in [1.29, 1.82) is 0 Å². The van der Waals surface area contributed by atoms with Gasteiger partial charge < -0.3 is 76.5 Å². The van der Waals surface area contributed by atoms with Crippen molar-refractivity contribution in [3.8, 4) is 5.75 Å². The number of aryl methyl sites for hydroxylation is 3. The number of ether oxygens (including phenoxy) is 4. The fraction of sp³-hybridized carbons (Fsp3) is 0.600. The molecule has 32 nitrogen and oxygen atoms in total. The molecule has 2 atom stereocenters. The normalized spacial score (nSPS) is 14.7. The highest BCUT2D eigenvalue weighted by Crippen LogP contribution is 2.26. The molecule has 2 aromatic carbocycles. The summed E-state index contributed by atoms with van der Waals surface area (Å²) in [5.74, 6) is -4.78. The summed E-state index contributed by atoms with van der Waals surface area (Å²) < 4.78 is 53.9. The number of nitrogens with one attached hydrogen (secondary N) is 7. The standard InChI is InChI=1S/C60H93N15O17S/c1-4-71-20-22-72(24-25-74(42-55(81)82)27-26-73(23-21-71)41-54(79)80)40-53(78)69-48(11-13-51(61)76)58(84)63-16-8-29-90-32-34-91-33-31-89-28-7-15-62-52(77)9-5-30-92-47-35-43(2)56(44(3)36-47)93(87,88)70-49(59(85)86)39-67-57(83)45-10-12-50-46(37-45)38-68-75(50)19-6-14-64-60-65-17-18-66-60/h10,12,17-18,35-38,48-49,70H,4-9,11,13-16,19-34,39-42H2,1-3H3,(H2,61,76)(H,62,77)(H,63,84)(H,67,83)(H,69,78)(H,79,80)(H,81,82)(H,85,86)(H2,64,65,66)/t48-,49+/m1/s1. The molecule has 0 saturated carbocycles. The predicted octanol–water partition coefficient (Wildman–Crippen LogP) is -0.578. The average molecular weight is 1330 g/mol. The molecular formula is C60H93N15O17S. The molecule has 2 aromatic heterocycles. The number of H-pyrrole nitrogens is 1. The van der Waals surface area contributed by atoms with Gasteiger partial charge in [0.2, 0.25) is 33.7 Å². The molecule has 1 aliphatic heterocycles. The number of nitrogens with two attached hydrogens (primary N) is 1. The van der Waals surface area contributed by atoms with Crippen molar-refractivity contribution in [2.45, 2.75) is 89.2 Å². The summed E-state index contributed by atoms with van der Waals surface area (Å²) in [6, 6.07) is 5.27. The first-order valence-corrected chi connectivity index (χ1v) is 32.7. The number of carbonyl (C=O) groups excluding carboxylic acids is 5. The van der Waals surface area contributed by atoms with E-state index in [1.165, 1.54) is 12.1 Å². The first kappa shape index (κ1) is 75.8. The Morgan fingerprint density at radius 1 is 0.677 bits per heavy atom. The number of likely N-dealkylation sites (N-methyl/N-ethyl adjacent to an activating group) is 1. The van der Waals surface area contributed by atoms with Crippen LogP contribution in [0.25, 0.3) is 10.9 Å². The fourth-order valence-electron chi connectivity index (χ4n) is 10.1. The Morgan fingerprint density at radius 2 is 1.27 bits per heavy atom. The number of hydrogen-bond acceptors (Lipinski definition) is 21. The largest absolute Gasteiger partial charge is 0.494 e. The maximum atomic E-state index is 13.6. The van der Waals surface area contributed by atoms with Gasteiger partial charge >= 0.3 is 17.9 Å². The molecule has 1 saturated heterocycles. The average Bonchev–Trinajstić information content (AvgIpc) is 1.85. The van der Waals surface area contributed by atoms with Gasteiger partial charge in [-0.1, -0.05) is 6.92 Å². The van der Waals surface area contributed by atoms with Crippen LogP contribution in [0.5, 0.6) is 5.75 Å². The van der Waals surface area contributed by atoms with Crippen LogP contribution in [0.3, 0.4) is 0 Å². The second-order valence-corrected chi connectivity index (χ2v) is 23.9. The Hall–Kier alpha value is -7.89. The molecule has 0 radical (unpaired) electrons. The number of benzene rings is 2. The Bertz CT molecular complexity index is 3110. The van der Waals surface area contributed by atoms with E-state index in [2.05, 4.69) is 51.3 Å². The number of carbonyl (C=O) groups is 8. The molecule has 3 heterocycles. The molecule has 12 N–H and O–H groups in total. The number of hydrogen-bond donors (Lipinski definition) is 11. The summed E-state index contributed by atoms with van der Waals surface area (Å²) in [5.41, 5.74) is 7.03. The third kappa shape index (κ3) is 28.9. The number of rotatable bonds is 43. The maximum Gasteiger partial charge on any atom is 0.323 e. The van der Waals surface area contributed by atoms with E-state index in [1.54, 1.807) is 60.4 Å². The molecule has 1 aliphatic rings. The Balaban J connectivity index is 0.889. The third-order valence-corrected chi connectivity index (χ3v) is 16.7.